The Hall–Kier alpha value is -0.320. The van der Waals surface area contributed by atoms with Gasteiger partial charge in [0.1, 0.15) is 0 Å². The Morgan fingerprint density at radius 2 is 2.00 bits per heavy atom. The van der Waals surface area contributed by atoms with Crippen LogP contribution < -0.4 is 10.6 Å². The summed E-state index contributed by atoms with van der Waals surface area (Å²) in [4.78, 5) is 12.3. The maximum atomic E-state index is 12.3. The number of halogens is 1. The molecule has 116 valence electrons. The van der Waals surface area contributed by atoms with E-state index in [0.717, 1.165) is 19.5 Å². The molecule has 1 heterocycles. The van der Waals surface area contributed by atoms with Crippen LogP contribution in [0.25, 0.3) is 0 Å². The lowest BCUT2D eigenvalue weighted by molar-refractivity contribution is -0.123. The van der Waals surface area contributed by atoms with Gasteiger partial charge >= 0.3 is 0 Å². The highest BCUT2D eigenvalue weighted by Gasteiger charge is 2.54. The zero-order chi connectivity index (χ0) is 13.3. The van der Waals surface area contributed by atoms with Crippen LogP contribution in [0.15, 0.2) is 0 Å². The second-order valence-electron chi connectivity index (χ2n) is 6.60. The van der Waals surface area contributed by atoms with Gasteiger partial charge in [0.25, 0.3) is 0 Å². The second-order valence-corrected chi connectivity index (χ2v) is 6.60. The van der Waals surface area contributed by atoms with Crippen LogP contribution in [0, 0.1) is 17.8 Å². The fourth-order valence-corrected chi connectivity index (χ4v) is 4.23. The molecule has 5 heteroatoms. The lowest BCUT2D eigenvalue weighted by Gasteiger charge is -2.29. The minimum absolute atomic E-state index is 0. The van der Waals surface area contributed by atoms with E-state index in [1.54, 1.807) is 7.11 Å². The van der Waals surface area contributed by atoms with Crippen molar-refractivity contribution < 1.29 is 9.53 Å². The van der Waals surface area contributed by atoms with E-state index < -0.39 is 0 Å². The van der Waals surface area contributed by atoms with Crippen molar-refractivity contribution in [2.45, 2.75) is 44.1 Å². The van der Waals surface area contributed by atoms with Crippen LogP contribution in [0.1, 0.15) is 38.5 Å². The van der Waals surface area contributed by atoms with Crippen molar-refractivity contribution in [3.05, 3.63) is 0 Å². The zero-order valence-electron chi connectivity index (χ0n) is 12.3. The average Bonchev–Trinajstić information content (AvgIpc) is 2.99. The molecule has 0 aromatic carbocycles. The Bertz CT molecular complexity index is 333. The predicted octanol–water partition coefficient (Wildman–Crippen LogP) is 1.73. The van der Waals surface area contributed by atoms with Crippen LogP contribution in [0.3, 0.4) is 0 Å². The smallest absolute Gasteiger partial charge is 0.223 e. The average molecular weight is 303 g/mol. The summed E-state index contributed by atoms with van der Waals surface area (Å²) < 4.78 is 5.32. The Morgan fingerprint density at radius 3 is 2.55 bits per heavy atom. The van der Waals surface area contributed by atoms with Gasteiger partial charge in [0.15, 0.2) is 0 Å². The number of carbonyl (C=O) groups is 1. The van der Waals surface area contributed by atoms with Crippen molar-refractivity contribution in [1.29, 1.82) is 0 Å². The van der Waals surface area contributed by atoms with Gasteiger partial charge in [-0.05, 0) is 44.1 Å². The molecule has 2 N–H and O–H groups in total. The molecule has 3 atom stereocenters. The van der Waals surface area contributed by atoms with E-state index in [1.807, 2.05) is 0 Å². The summed E-state index contributed by atoms with van der Waals surface area (Å²) in [5.74, 6) is 2.01. The molecular formula is C15H27ClN2O2. The third-order valence-electron chi connectivity index (χ3n) is 5.31. The quantitative estimate of drug-likeness (QED) is 0.813. The van der Waals surface area contributed by atoms with Gasteiger partial charge in [-0.2, -0.15) is 0 Å². The fourth-order valence-electron chi connectivity index (χ4n) is 4.23. The summed E-state index contributed by atoms with van der Waals surface area (Å²) in [5.41, 5.74) is -0.0233. The number of carbonyl (C=O) groups excluding carboxylic acids is 1. The monoisotopic (exact) mass is 302 g/mol. The predicted molar refractivity (Wildman–Crippen MR) is 81.0 cm³/mol. The van der Waals surface area contributed by atoms with Gasteiger partial charge in [-0.25, -0.2) is 0 Å². The number of ether oxygens (including phenoxy) is 1. The summed E-state index contributed by atoms with van der Waals surface area (Å²) in [6.07, 6.45) is 7.45. The molecule has 0 spiro atoms. The Kier molecular flexibility index (Phi) is 5.32. The van der Waals surface area contributed by atoms with Crippen LogP contribution in [0.2, 0.25) is 0 Å². The van der Waals surface area contributed by atoms with E-state index in [2.05, 4.69) is 10.6 Å². The van der Waals surface area contributed by atoms with Crippen molar-refractivity contribution in [2.24, 2.45) is 17.8 Å². The van der Waals surface area contributed by atoms with E-state index in [-0.39, 0.29) is 17.9 Å². The molecule has 0 aromatic rings. The van der Waals surface area contributed by atoms with Gasteiger partial charge < -0.3 is 15.4 Å². The van der Waals surface area contributed by atoms with Gasteiger partial charge in [0.2, 0.25) is 5.91 Å². The highest BCUT2D eigenvalue weighted by atomic mass is 35.5. The summed E-state index contributed by atoms with van der Waals surface area (Å²) in [6.45, 7) is 2.44. The summed E-state index contributed by atoms with van der Waals surface area (Å²) >= 11 is 0. The first kappa shape index (κ1) is 16.1. The molecule has 0 bridgehead atoms. The second kappa shape index (κ2) is 6.63. The molecule has 1 amide bonds. The minimum atomic E-state index is -0.0233. The standard InChI is InChI=1S/C15H26N2O2.ClH/c1-19-10-15(7-4-8-17-15)9-16-14(18)13-11-5-2-3-6-12(11)13;/h11-13,17H,2-10H2,1H3,(H,16,18);1H. The van der Waals surface area contributed by atoms with Crippen molar-refractivity contribution >= 4 is 18.3 Å². The SMILES string of the molecule is COCC1(CNC(=O)C2C3CCCCC32)CCCN1.Cl. The van der Waals surface area contributed by atoms with Crippen molar-refractivity contribution in [1.82, 2.24) is 10.6 Å². The summed E-state index contributed by atoms with van der Waals surface area (Å²) in [6, 6.07) is 0. The molecule has 2 saturated carbocycles. The number of nitrogens with one attached hydrogen (secondary N) is 2. The van der Waals surface area contributed by atoms with Crippen LogP contribution >= 0.6 is 12.4 Å². The first-order chi connectivity index (χ1) is 9.26. The summed E-state index contributed by atoms with van der Waals surface area (Å²) in [5, 5.41) is 6.70. The van der Waals surface area contributed by atoms with E-state index in [0.29, 0.717) is 30.3 Å². The molecule has 3 aliphatic rings. The minimum Gasteiger partial charge on any atom is -0.383 e. The largest absolute Gasteiger partial charge is 0.383 e. The number of methoxy groups -OCH3 is 1. The van der Waals surface area contributed by atoms with Gasteiger partial charge in [-0.15, -0.1) is 12.4 Å². The molecule has 3 unspecified atom stereocenters. The molecular weight excluding hydrogens is 276 g/mol. The molecule has 3 fully saturated rings. The molecule has 4 nitrogen and oxygen atoms in total. The van der Waals surface area contributed by atoms with Crippen LogP contribution in [0.5, 0.6) is 0 Å². The molecule has 1 saturated heterocycles. The summed E-state index contributed by atoms with van der Waals surface area (Å²) in [7, 11) is 1.74. The van der Waals surface area contributed by atoms with E-state index in [4.69, 9.17) is 4.74 Å². The molecule has 0 radical (unpaired) electrons. The van der Waals surface area contributed by atoms with Gasteiger partial charge in [0.05, 0.1) is 12.1 Å². The van der Waals surface area contributed by atoms with Crippen molar-refractivity contribution in [2.75, 3.05) is 26.8 Å². The van der Waals surface area contributed by atoms with Gasteiger partial charge in [0, 0.05) is 19.6 Å². The maximum absolute atomic E-state index is 12.3. The highest BCUT2D eigenvalue weighted by molar-refractivity contribution is 5.85. The number of hydrogen-bond acceptors (Lipinski definition) is 3. The first-order valence-electron chi connectivity index (χ1n) is 7.77. The van der Waals surface area contributed by atoms with E-state index >= 15 is 0 Å². The number of hydrogen-bond donors (Lipinski definition) is 2. The van der Waals surface area contributed by atoms with Gasteiger partial charge in [-0.1, -0.05) is 12.8 Å². The lowest BCUT2D eigenvalue weighted by atomic mass is 9.98. The van der Waals surface area contributed by atoms with Crippen molar-refractivity contribution in [3.8, 4) is 0 Å². The zero-order valence-corrected chi connectivity index (χ0v) is 13.1. The van der Waals surface area contributed by atoms with Crippen molar-refractivity contribution in [3.63, 3.8) is 0 Å². The number of amides is 1. The molecule has 20 heavy (non-hydrogen) atoms. The molecule has 2 aliphatic carbocycles. The normalized spacial score (nSPS) is 38.8. The van der Waals surface area contributed by atoms with Gasteiger partial charge in [-0.3, -0.25) is 4.79 Å². The third kappa shape index (κ3) is 3.12. The molecule has 1 aliphatic heterocycles. The topological polar surface area (TPSA) is 50.4 Å². The van der Waals surface area contributed by atoms with E-state index in [1.165, 1.54) is 32.1 Å². The lowest BCUT2D eigenvalue weighted by Crippen LogP contribution is -2.53. The third-order valence-corrected chi connectivity index (χ3v) is 5.31. The Balaban J connectivity index is 0.00000147. The molecule has 0 aromatic heterocycles. The van der Waals surface area contributed by atoms with Crippen LogP contribution in [-0.2, 0) is 9.53 Å². The highest BCUT2D eigenvalue weighted by Crippen LogP contribution is 2.55. The van der Waals surface area contributed by atoms with E-state index in [9.17, 15) is 4.79 Å². The first-order valence-corrected chi connectivity index (χ1v) is 7.77. The Labute approximate surface area is 127 Å². The Morgan fingerprint density at radius 1 is 1.30 bits per heavy atom. The fraction of sp³-hybridized carbons (Fsp3) is 0.933. The maximum Gasteiger partial charge on any atom is 0.223 e. The van der Waals surface area contributed by atoms with Crippen LogP contribution in [0.4, 0.5) is 0 Å². The van der Waals surface area contributed by atoms with Crippen LogP contribution in [-0.4, -0.2) is 38.3 Å². The number of rotatable bonds is 5. The molecule has 3 rings (SSSR count). The number of fused-ring (bicyclic) bond motifs is 1.